The van der Waals surface area contributed by atoms with Crippen LogP contribution in [0.4, 0.5) is 11.4 Å². The van der Waals surface area contributed by atoms with Crippen molar-refractivity contribution in [3.05, 3.63) is 48.5 Å². The van der Waals surface area contributed by atoms with Gasteiger partial charge in [-0.1, -0.05) is 90.9 Å². The van der Waals surface area contributed by atoms with Gasteiger partial charge in [-0.2, -0.15) is 0 Å². The van der Waals surface area contributed by atoms with E-state index >= 15 is 0 Å². The van der Waals surface area contributed by atoms with Crippen molar-refractivity contribution in [1.29, 1.82) is 0 Å². The summed E-state index contributed by atoms with van der Waals surface area (Å²) in [5, 5.41) is 5.93. The molecule has 0 fully saturated rings. The number of ether oxygens (including phenoxy) is 1. The predicted molar refractivity (Wildman–Crippen MR) is 155 cm³/mol. The number of anilines is 2. The van der Waals surface area contributed by atoms with E-state index in [1.54, 1.807) is 0 Å². The Morgan fingerprint density at radius 1 is 0.514 bits per heavy atom. The van der Waals surface area contributed by atoms with Crippen molar-refractivity contribution < 1.29 is 14.3 Å². The number of carbonyl (C=O) groups is 2. The fourth-order valence-corrected chi connectivity index (χ4v) is 4.28. The van der Waals surface area contributed by atoms with Gasteiger partial charge in [0, 0.05) is 24.2 Å². The Kier molecular flexibility index (Phi) is 15.9. The largest absolute Gasteiger partial charge is 0.457 e. The molecule has 0 heterocycles. The number of amides is 2. The number of nitrogens with one attached hydrogen (secondary N) is 2. The first-order valence-electron chi connectivity index (χ1n) is 14.6. The Morgan fingerprint density at radius 3 is 1.19 bits per heavy atom. The predicted octanol–water partition coefficient (Wildman–Crippen LogP) is 9.64. The highest BCUT2D eigenvalue weighted by Crippen LogP contribution is 2.25. The molecule has 0 unspecified atom stereocenters. The zero-order chi connectivity index (χ0) is 26.6. The molecule has 0 bridgehead atoms. The van der Waals surface area contributed by atoms with Crippen LogP contribution >= 0.6 is 0 Å². The fourth-order valence-electron chi connectivity index (χ4n) is 4.28. The summed E-state index contributed by atoms with van der Waals surface area (Å²) >= 11 is 0. The van der Waals surface area contributed by atoms with E-state index < -0.39 is 0 Å². The summed E-state index contributed by atoms with van der Waals surface area (Å²) in [7, 11) is 0. The number of hydrogen-bond acceptors (Lipinski definition) is 3. The molecular weight excluding hydrogens is 460 g/mol. The first-order chi connectivity index (χ1) is 18.1. The van der Waals surface area contributed by atoms with Crippen molar-refractivity contribution in [2.75, 3.05) is 10.6 Å². The third-order valence-electron chi connectivity index (χ3n) is 6.53. The van der Waals surface area contributed by atoms with Gasteiger partial charge in [0.2, 0.25) is 11.8 Å². The van der Waals surface area contributed by atoms with E-state index in [0.717, 1.165) is 37.1 Å². The minimum atomic E-state index is 0.0619. The maximum Gasteiger partial charge on any atom is 0.224 e. The summed E-state index contributed by atoms with van der Waals surface area (Å²) in [6.07, 6.45) is 18.0. The molecule has 0 atom stereocenters. The van der Waals surface area contributed by atoms with E-state index in [9.17, 15) is 9.59 Å². The fraction of sp³-hybridized carbons (Fsp3) is 0.562. The second kappa shape index (κ2) is 19.3. The third-order valence-corrected chi connectivity index (χ3v) is 6.53. The molecule has 0 saturated heterocycles. The van der Waals surface area contributed by atoms with Gasteiger partial charge in [-0.3, -0.25) is 9.59 Å². The molecule has 0 aliphatic rings. The van der Waals surface area contributed by atoms with Crippen molar-refractivity contribution in [3.63, 3.8) is 0 Å². The van der Waals surface area contributed by atoms with Gasteiger partial charge >= 0.3 is 0 Å². The summed E-state index contributed by atoms with van der Waals surface area (Å²) in [4.78, 5) is 24.4. The van der Waals surface area contributed by atoms with Crippen LogP contribution in [0.15, 0.2) is 48.5 Å². The first kappa shape index (κ1) is 30.4. The van der Waals surface area contributed by atoms with Crippen LogP contribution < -0.4 is 15.4 Å². The summed E-state index contributed by atoms with van der Waals surface area (Å²) in [6, 6.07) is 14.8. The molecule has 0 aromatic heterocycles. The molecule has 5 nitrogen and oxygen atoms in total. The normalized spacial score (nSPS) is 10.8. The van der Waals surface area contributed by atoms with Crippen LogP contribution in [-0.2, 0) is 9.59 Å². The topological polar surface area (TPSA) is 67.4 Å². The van der Waals surface area contributed by atoms with Crippen LogP contribution in [-0.4, -0.2) is 11.8 Å². The second-order valence-corrected chi connectivity index (χ2v) is 9.99. The van der Waals surface area contributed by atoms with E-state index in [1.807, 2.05) is 48.5 Å². The van der Waals surface area contributed by atoms with E-state index in [4.69, 9.17) is 4.74 Å². The van der Waals surface area contributed by atoms with Gasteiger partial charge in [-0.15, -0.1) is 0 Å². The summed E-state index contributed by atoms with van der Waals surface area (Å²) in [5.74, 6) is 1.51. The Labute approximate surface area is 224 Å². The van der Waals surface area contributed by atoms with Crippen LogP contribution in [0.1, 0.15) is 117 Å². The first-order valence-corrected chi connectivity index (χ1v) is 14.6. The van der Waals surface area contributed by atoms with E-state index in [1.165, 1.54) is 64.2 Å². The maximum atomic E-state index is 12.2. The van der Waals surface area contributed by atoms with Crippen molar-refractivity contribution in [2.45, 2.75) is 117 Å². The van der Waals surface area contributed by atoms with Crippen LogP contribution in [0.2, 0.25) is 0 Å². The molecule has 37 heavy (non-hydrogen) atoms. The molecule has 0 spiro atoms. The summed E-state index contributed by atoms with van der Waals surface area (Å²) < 4.78 is 5.91. The Morgan fingerprint density at radius 2 is 0.838 bits per heavy atom. The highest BCUT2D eigenvalue weighted by molar-refractivity contribution is 5.91. The van der Waals surface area contributed by atoms with E-state index in [0.29, 0.717) is 24.3 Å². The Balaban J connectivity index is 1.64. The SMILES string of the molecule is CCCCCCCCCC(=O)Nc1ccc(Oc2ccc(NC(=O)CCCCCCCCC)cc2)cc1. The van der Waals surface area contributed by atoms with Crippen molar-refractivity contribution in [3.8, 4) is 11.5 Å². The molecule has 0 saturated carbocycles. The van der Waals surface area contributed by atoms with Gasteiger partial charge in [0.1, 0.15) is 11.5 Å². The quantitative estimate of drug-likeness (QED) is 0.175. The van der Waals surface area contributed by atoms with Crippen LogP contribution in [0.3, 0.4) is 0 Å². The monoisotopic (exact) mass is 508 g/mol. The lowest BCUT2D eigenvalue weighted by Crippen LogP contribution is -2.11. The number of hydrogen-bond donors (Lipinski definition) is 2. The van der Waals surface area contributed by atoms with Crippen molar-refractivity contribution >= 4 is 23.2 Å². The van der Waals surface area contributed by atoms with Gasteiger partial charge in [0.15, 0.2) is 0 Å². The van der Waals surface area contributed by atoms with Crippen LogP contribution in [0.5, 0.6) is 11.5 Å². The molecule has 2 amide bonds. The molecule has 0 aliphatic heterocycles. The molecule has 2 N–H and O–H groups in total. The highest BCUT2D eigenvalue weighted by atomic mass is 16.5. The average molecular weight is 509 g/mol. The van der Waals surface area contributed by atoms with Crippen LogP contribution in [0.25, 0.3) is 0 Å². The molecule has 2 rings (SSSR count). The zero-order valence-electron chi connectivity index (χ0n) is 23.2. The minimum absolute atomic E-state index is 0.0619. The summed E-state index contributed by atoms with van der Waals surface area (Å²) in [6.45, 7) is 4.45. The molecule has 2 aromatic rings. The number of benzene rings is 2. The van der Waals surface area contributed by atoms with E-state index in [-0.39, 0.29) is 11.8 Å². The average Bonchev–Trinajstić information content (AvgIpc) is 2.90. The summed E-state index contributed by atoms with van der Waals surface area (Å²) in [5.41, 5.74) is 1.55. The van der Waals surface area contributed by atoms with Crippen LogP contribution in [0, 0.1) is 0 Å². The molecule has 5 heteroatoms. The van der Waals surface area contributed by atoms with Crippen molar-refractivity contribution in [1.82, 2.24) is 0 Å². The molecule has 0 radical (unpaired) electrons. The molecule has 2 aromatic carbocycles. The van der Waals surface area contributed by atoms with Gasteiger partial charge in [0.25, 0.3) is 0 Å². The minimum Gasteiger partial charge on any atom is -0.457 e. The number of unbranched alkanes of at least 4 members (excludes halogenated alkanes) is 12. The zero-order valence-corrected chi connectivity index (χ0v) is 23.2. The lowest BCUT2D eigenvalue weighted by atomic mass is 10.1. The number of carbonyl (C=O) groups excluding carboxylic acids is 2. The molecular formula is C32H48N2O3. The van der Waals surface area contributed by atoms with Gasteiger partial charge in [0.05, 0.1) is 0 Å². The standard InChI is InChI=1S/C32H48N2O3/c1-3-5-7-9-11-13-15-17-31(35)33-27-19-23-29(24-20-27)37-30-25-21-28(22-26-30)34-32(36)18-16-14-12-10-8-6-4-2/h19-26H,3-18H2,1-2H3,(H,33,35)(H,34,36). The van der Waals surface area contributed by atoms with Gasteiger partial charge in [-0.25, -0.2) is 0 Å². The Hall–Kier alpha value is -2.82. The highest BCUT2D eigenvalue weighted by Gasteiger charge is 2.05. The molecule has 0 aliphatic carbocycles. The Bertz CT molecular complexity index is 804. The lowest BCUT2D eigenvalue weighted by molar-refractivity contribution is -0.117. The maximum absolute atomic E-state index is 12.2. The van der Waals surface area contributed by atoms with Gasteiger partial charge < -0.3 is 15.4 Å². The third kappa shape index (κ3) is 14.5. The smallest absolute Gasteiger partial charge is 0.224 e. The second-order valence-electron chi connectivity index (χ2n) is 9.99. The lowest BCUT2D eigenvalue weighted by Gasteiger charge is -2.10. The van der Waals surface area contributed by atoms with Crippen molar-refractivity contribution in [2.24, 2.45) is 0 Å². The molecule has 204 valence electrons. The van der Waals surface area contributed by atoms with Gasteiger partial charge in [-0.05, 0) is 61.4 Å². The number of rotatable bonds is 20. The van der Waals surface area contributed by atoms with E-state index in [2.05, 4.69) is 24.5 Å².